The summed E-state index contributed by atoms with van der Waals surface area (Å²) in [5.41, 5.74) is 1.11. The van der Waals surface area contributed by atoms with Crippen molar-refractivity contribution < 1.29 is 14.2 Å². The second kappa shape index (κ2) is 5.89. The van der Waals surface area contributed by atoms with E-state index in [4.69, 9.17) is 14.2 Å². The zero-order valence-electron chi connectivity index (χ0n) is 10.4. The van der Waals surface area contributed by atoms with Crippen molar-refractivity contribution in [3.63, 3.8) is 0 Å². The van der Waals surface area contributed by atoms with Gasteiger partial charge in [-0.25, -0.2) is 0 Å². The Morgan fingerprint density at radius 2 is 2.12 bits per heavy atom. The van der Waals surface area contributed by atoms with E-state index in [1.807, 2.05) is 18.2 Å². The smallest absolute Gasteiger partial charge is 0.231 e. The maximum atomic E-state index is 5.57. The first-order chi connectivity index (χ1) is 8.25. The first-order valence-electron chi connectivity index (χ1n) is 5.95. The lowest BCUT2D eigenvalue weighted by molar-refractivity contribution is 0.121. The molecule has 0 aliphatic carbocycles. The molecule has 0 bridgehead atoms. The van der Waals surface area contributed by atoms with Gasteiger partial charge in [0.1, 0.15) is 0 Å². The molecule has 0 amide bonds. The lowest BCUT2D eigenvalue weighted by Gasteiger charge is -2.08. The van der Waals surface area contributed by atoms with E-state index in [1.54, 1.807) is 0 Å². The number of benzene rings is 1. The monoisotopic (exact) mass is 237 g/mol. The summed E-state index contributed by atoms with van der Waals surface area (Å²) < 4.78 is 16.1. The van der Waals surface area contributed by atoms with E-state index in [0.717, 1.165) is 23.6 Å². The lowest BCUT2D eigenvalue weighted by atomic mass is 10.2. The summed E-state index contributed by atoms with van der Waals surface area (Å²) in [4.78, 5) is 0. The molecule has 1 aromatic rings. The van der Waals surface area contributed by atoms with Crippen LogP contribution >= 0.6 is 0 Å². The number of fused-ring (bicyclic) bond motifs is 1. The molecule has 0 spiro atoms. The molecule has 1 N–H and O–H groups in total. The van der Waals surface area contributed by atoms with Crippen molar-refractivity contribution in [2.24, 2.45) is 0 Å². The van der Waals surface area contributed by atoms with Crippen LogP contribution in [0, 0.1) is 0 Å². The van der Waals surface area contributed by atoms with E-state index < -0.39 is 0 Å². The van der Waals surface area contributed by atoms with E-state index in [2.05, 4.69) is 19.2 Å². The van der Waals surface area contributed by atoms with Gasteiger partial charge in [-0.05, 0) is 17.7 Å². The highest BCUT2D eigenvalue weighted by molar-refractivity contribution is 5.44. The Labute approximate surface area is 102 Å². The molecular formula is C13H19NO3. The largest absolute Gasteiger partial charge is 0.454 e. The van der Waals surface area contributed by atoms with Gasteiger partial charge in [0.25, 0.3) is 0 Å². The van der Waals surface area contributed by atoms with E-state index in [1.165, 1.54) is 0 Å². The molecule has 2 rings (SSSR count). The maximum Gasteiger partial charge on any atom is 0.231 e. The molecule has 0 saturated carbocycles. The van der Waals surface area contributed by atoms with Crippen molar-refractivity contribution in [1.82, 2.24) is 5.32 Å². The highest BCUT2D eigenvalue weighted by Gasteiger charge is 2.12. The van der Waals surface area contributed by atoms with Crippen LogP contribution in [-0.4, -0.2) is 26.0 Å². The molecule has 0 atom stereocenters. The van der Waals surface area contributed by atoms with Crippen molar-refractivity contribution >= 4 is 0 Å². The van der Waals surface area contributed by atoms with E-state index in [-0.39, 0.29) is 0 Å². The average Bonchev–Trinajstić information content (AvgIpc) is 2.75. The number of ether oxygens (including phenoxy) is 3. The fraction of sp³-hybridized carbons (Fsp3) is 0.538. The Kier molecular flexibility index (Phi) is 4.23. The van der Waals surface area contributed by atoms with Gasteiger partial charge in [-0.1, -0.05) is 19.9 Å². The Hall–Kier alpha value is -1.26. The molecule has 17 heavy (non-hydrogen) atoms. The van der Waals surface area contributed by atoms with Crippen LogP contribution in [0.15, 0.2) is 18.2 Å². The Balaban J connectivity index is 1.72. The van der Waals surface area contributed by atoms with Gasteiger partial charge in [-0.2, -0.15) is 0 Å². The zero-order chi connectivity index (χ0) is 12.1. The first kappa shape index (κ1) is 12.2. The minimum atomic E-state index is 0.317. The molecule has 1 aromatic carbocycles. The highest BCUT2D eigenvalue weighted by Crippen LogP contribution is 2.32. The van der Waals surface area contributed by atoms with Gasteiger partial charge >= 0.3 is 0 Å². The van der Waals surface area contributed by atoms with Gasteiger partial charge in [0.2, 0.25) is 6.79 Å². The molecule has 0 unspecified atom stereocenters. The van der Waals surface area contributed by atoms with Crippen LogP contribution in [0.2, 0.25) is 0 Å². The van der Waals surface area contributed by atoms with Gasteiger partial charge in [0.15, 0.2) is 11.5 Å². The van der Waals surface area contributed by atoms with Crippen LogP contribution in [-0.2, 0) is 11.3 Å². The second-order valence-electron chi connectivity index (χ2n) is 4.35. The van der Waals surface area contributed by atoms with Gasteiger partial charge in [-0.15, -0.1) is 0 Å². The minimum Gasteiger partial charge on any atom is -0.454 e. The fourth-order valence-corrected chi connectivity index (χ4v) is 1.64. The van der Waals surface area contributed by atoms with Gasteiger partial charge in [0.05, 0.1) is 13.2 Å². The molecule has 1 aliphatic rings. The third-order valence-corrected chi connectivity index (χ3v) is 2.50. The number of rotatable bonds is 6. The molecule has 0 aromatic heterocycles. The summed E-state index contributed by atoms with van der Waals surface area (Å²) in [6.07, 6.45) is 0. The Morgan fingerprint density at radius 3 is 2.94 bits per heavy atom. The molecule has 4 heteroatoms. The standard InChI is InChI=1S/C13H19NO3/c1-10(2)14-5-6-15-8-11-3-4-12-13(7-11)17-9-16-12/h3-4,7,10,14H,5-6,8-9H2,1-2H3. The molecule has 4 nitrogen and oxygen atoms in total. The van der Waals surface area contributed by atoms with Crippen molar-refractivity contribution in [2.75, 3.05) is 19.9 Å². The Morgan fingerprint density at radius 1 is 1.29 bits per heavy atom. The van der Waals surface area contributed by atoms with E-state index >= 15 is 0 Å². The number of hydrogen-bond donors (Lipinski definition) is 1. The molecule has 1 heterocycles. The number of nitrogens with one attached hydrogen (secondary N) is 1. The van der Waals surface area contributed by atoms with Gasteiger partial charge < -0.3 is 19.5 Å². The normalized spacial score (nSPS) is 13.4. The van der Waals surface area contributed by atoms with Crippen LogP contribution in [0.25, 0.3) is 0 Å². The summed E-state index contributed by atoms with van der Waals surface area (Å²) in [6, 6.07) is 6.40. The average molecular weight is 237 g/mol. The lowest BCUT2D eigenvalue weighted by Crippen LogP contribution is -2.26. The molecule has 0 radical (unpaired) electrons. The molecule has 0 saturated heterocycles. The molecule has 94 valence electrons. The summed E-state index contributed by atoms with van der Waals surface area (Å²) in [5, 5.41) is 3.30. The third kappa shape index (κ3) is 3.61. The topological polar surface area (TPSA) is 39.7 Å². The van der Waals surface area contributed by atoms with Crippen LogP contribution in [0.4, 0.5) is 0 Å². The summed E-state index contributed by atoms with van der Waals surface area (Å²) >= 11 is 0. The molecular weight excluding hydrogens is 218 g/mol. The second-order valence-corrected chi connectivity index (χ2v) is 4.35. The van der Waals surface area contributed by atoms with Crippen molar-refractivity contribution in [3.8, 4) is 11.5 Å². The van der Waals surface area contributed by atoms with Crippen LogP contribution in [0.5, 0.6) is 11.5 Å². The SMILES string of the molecule is CC(C)NCCOCc1ccc2c(c1)OCO2. The third-order valence-electron chi connectivity index (χ3n) is 2.50. The predicted octanol–water partition coefficient (Wildman–Crippen LogP) is 1.93. The van der Waals surface area contributed by atoms with Gasteiger partial charge in [-0.3, -0.25) is 0 Å². The molecule has 1 aliphatic heterocycles. The predicted molar refractivity (Wildman–Crippen MR) is 65.4 cm³/mol. The van der Waals surface area contributed by atoms with Crippen molar-refractivity contribution in [3.05, 3.63) is 23.8 Å². The van der Waals surface area contributed by atoms with Crippen LogP contribution < -0.4 is 14.8 Å². The summed E-state index contributed by atoms with van der Waals surface area (Å²) in [5.74, 6) is 1.63. The quantitative estimate of drug-likeness (QED) is 0.767. The maximum absolute atomic E-state index is 5.57. The van der Waals surface area contributed by atoms with Crippen LogP contribution in [0.1, 0.15) is 19.4 Å². The van der Waals surface area contributed by atoms with E-state index in [0.29, 0.717) is 26.0 Å². The van der Waals surface area contributed by atoms with E-state index in [9.17, 15) is 0 Å². The summed E-state index contributed by atoms with van der Waals surface area (Å²) in [7, 11) is 0. The first-order valence-corrected chi connectivity index (χ1v) is 5.95. The minimum absolute atomic E-state index is 0.317. The highest BCUT2D eigenvalue weighted by atomic mass is 16.7. The zero-order valence-corrected chi connectivity index (χ0v) is 10.4. The van der Waals surface area contributed by atoms with Crippen LogP contribution in [0.3, 0.4) is 0 Å². The van der Waals surface area contributed by atoms with Crippen molar-refractivity contribution in [2.45, 2.75) is 26.5 Å². The summed E-state index contributed by atoms with van der Waals surface area (Å²) in [6.45, 7) is 6.76. The fourth-order valence-electron chi connectivity index (χ4n) is 1.64. The Bertz CT molecular complexity index is 366. The van der Waals surface area contributed by atoms with Crippen molar-refractivity contribution in [1.29, 1.82) is 0 Å². The van der Waals surface area contributed by atoms with Gasteiger partial charge in [0, 0.05) is 12.6 Å². The number of hydrogen-bond acceptors (Lipinski definition) is 4. The molecule has 0 fully saturated rings.